The summed E-state index contributed by atoms with van der Waals surface area (Å²) in [6, 6.07) is 4.56. The molecule has 0 aliphatic carbocycles. The average molecular weight is 311 g/mol. The highest BCUT2D eigenvalue weighted by Gasteiger charge is 2.18. The summed E-state index contributed by atoms with van der Waals surface area (Å²) in [6.45, 7) is 1.43. The highest BCUT2D eigenvalue weighted by atomic mass is 32.1. The molecule has 1 N–H and O–H groups in total. The van der Waals surface area contributed by atoms with Crippen molar-refractivity contribution in [1.29, 1.82) is 0 Å². The van der Waals surface area contributed by atoms with Crippen molar-refractivity contribution in [2.75, 3.05) is 0 Å². The predicted octanol–water partition coefficient (Wildman–Crippen LogP) is 3.38. The van der Waals surface area contributed by atoms with Gasteiger partial charge in [-0.15, -0.1) is 11.3 Å². The van der Waals surface area contributed by atoms with Crippen molar-refractivity contribution in [3.8, 4) is 5.75 Å². The van der Waals surface area contributed by atoms with Gasteiger partial charge in [-0.05, 0) is 25.1 Å². The minimum absolute atomic E-state index is 0.00607. The predicted molar refractivity (Wildman–Crippen MR) is 73.4 cm³/mol. The molecule has 0 saturated carbocycles. The Kier molecular flexibility index (Phi) is 4.18. The van der Waals surface area contributed by atoms with E-state index >= 15 is 0 Å². The van der Waals surface area contributed by atoms with Gasteiger partial charge in [0.2, 0.25) is 0 Å². The summed E-state index contributed by atoms with van der Waals surface area (Å²) in [5.74, 6) is -1.65. The van der Waals surface area contributed by atoms with E-state index in [1.54, 1.807) is 6.92 Å². The smallest absolute Gasteiger partial charge is 0.349 e. The standard InChI is InChI=1S/C13H10FNO5S/c1-7-4-11(12(21-7)13(16)17)20-6-8-5-9(14)2-3-10(8)15(18)19/h2-5H,6H2,1H3,(H,16,17). The number of thiophene rings is 1. The van der Waals surface area contributed by atoms with Crippen LogP contribution < -0.4 is 4.74 Å². The minimum atomic E-state index is -1.14. The second-order valence-electron chi connectivity index (χ2n) is 4.17. The molecule has 0 amide bonds. The molecule has 0 fully saturated rings. The molecule has 21 heavy (non-hydrogen) atoms. The summed E-state index contributed by atoms with van der Waals surface area (Å²) in [5.41, 5.74) is -0.236. The number of benzene rings is 1. The number of carboxylic acids is 1. The zero-order valence-electron chi connectivity index (χ0n) is 10.8. The summed E-state index contributed by atoms with van der Waals surface area (Å²) in [6.07, 6.45) is 0. The van der Waals surface area contributed by atoms with E-state index in [-0.39, 0.29) is 28.5 Å². The maximum atomic E-state index is 13.2. The molecule has 0 unspecified atom stereocenters. The molecule has 2 rings (SSSR count). The Morgan fingerprint density at radius 1 is 1.48 bits per heavy atom. The molecular weight excluding hydrogens is 301 g/mol. The lowest BCUT2D eigenvalue weighted by atomic mass is 10.2. The third-order valence-electron chi connectivity index (χ3n) is 2.64. The minimum Gasteiger partial charge on any atom is -0.487 e. The molecule has 1 heterocycles. The van der Waals surface area contributed by atoms with Crippen LogP contribution in [0.5, 0.6) is 5.75 Å². The summed E-state index contributed by atoms with van der Waals surface area (Å²) >= 11 is 1.04. The van der Waals surface area contributed by atoms with Gasteiger partial charge in [-0.3, -0.25) is 10.1 Å². The normalized spacial score (nSPS) is 10.4. The third kappa shape index (κ3) is 3.34. The summed E-state index contributed by atoms with van der Waals surface area (Å²) in [5, 5.41) is 19.9. The van der Waals surface area contributed by atoms with Crippen molar-refractivity contribution in [2.45, 2.75) is 13.5 Å². The molecule has 0 saturated heterocycles. The molecule has 1 aromatic carbocycles. The molecule has 0 bridgehead atoms. The average Bonchev–Trinajstić information content (AvgIpc) is 2.77. The number of ether oxygens (including phenoxy) is 1. The fraction of sp³-hybridized carbons (Fsp3) is 0.154. The highest BCUT2D eigenvalue weighted by molar-refractivity contribution is 7.14. The fourth-order valence-electron chi connectivity index (χ4n) is 1.75. The molecule has 8 heteroatoms. The Bertz CT molecular complexity index is 713. The zero-order chi connectivity index (χ0) is 15.6. The second-order valence-corrected chi connectivity index (χ2v) is 5.43. The van der Waals surface area contributed by atoms with Crippen molar-refractivity contribution in [2.24, 2.45) is 0 Å². The largest absolute Gasteiger partial charge is 0.487 e. The zero-order valence-corrected chi connectivity index (χ0v) is 11.6. The first-order valence-electron chi connectivity index (χ1n) is 5.78. The lowest BCUT2D eigenvalue weighted by molar-refractivity contribution is -0.385. The first-order valence-corrected chi connectivity index (χ1v) is 6.59. The summed E-state index contributed by atoms with van der Waals surface area (Å²) < 4.78 is 18.5. The van der Waals surface area contributed by atoms with E-state index in [1.165, 1.54) is 6.07 Å². The van der Waals surface area contributed by atoms with Crippen molar-refractivity contribution < 1.29 is 24.0 Å². The number of hydrogen-bond donors (Lipinski definition) is 1. The van der Waals surface area contributed by atoms with Gasteiger partial charge in [0.1, 0.15) is 18.2 Å². The van der Waals surface area contributed by atoms with Crippen LogP contribution in [0.2, 0.25) is 0 Å². The monoisotopic (exact) mass is 311 g/mol. The van der Waals surface area contributed by atoms with Gasteiger partial charge < -0.3 is 9.84 Å². The molecule has 0 aliphatic heterocycles. The fourth-order valence-corrected chi connectivity index (χ4v) is 2.54. The number of nitrogens with zero attached hydrogens (tertiary/aromatic N) is 1. The van der Waals surface area contributed by atoms with E-state index in [4.69, 9.17) is 9.84 Å². The van der Waals surface area contributed by atoms with Gasteiger partial charge in [-0.25, -0.2) is 9.18 Å². The van der Waals surface area contributed by atoms with Crippen LogP contribution in [0.15, 0.2) is 24.3 Å². The van der Waals surface area contributed by atoms with Gasteiger partial charge in [0.15, 0.2) is 4.88 Å². The number of aryl methyl sites for hydroxylation is 1. The van der Waals surface area contributed by atoms with Crippen LogP contribution in [-0.2, 0) is 6.61 Å². The van der Waals surface area contributed by atoms with Gasteiger partial charge >= 0.3 is 5.97 Å². The van der Waals surface area contributed by atoms with Gasteiger partial charge in [0.05, 0.1) is 10.5 Å². The number of carboxylic acid groups (broad SMARTS) is 1. The topological polar surface area (TPSA) is 89.7 Å². The van der Waals surface area contributed by atoms with E-state index in [1.807, 2.05) is 0 Å². The second kappa shape index (κ2) is 5.88. The number of carbonyl (C=O) groups is 1. The summed E-state index contributed by atoms with van der Waals surface area (Å²) in [7, 11) is 0. The maximum absolute atomic E-state index is 13.2. The van der Waals surface area contributed by atoms with E-state index in [2.05, 4.69) is 0 Å². The Balaban J connectivity index is 2.26. The van der Waals surface area contributed by atoms with E-state index in [0.29, 0.717) is 0 Å². The highest BCUT2D eigenvalue weighted by Crippen LogP contribution is 2.30. The van der Waals surface area contributed by atoms with Crippen LogP contribution in [0.25, 0.3) is 0 Å². The van der Waals surface area contributed by atoms with E-state index in [0.717, 1.165) is 34.4 Å². The lowest BCUT2D eigenvalue weighted by Crippen LogP contribution is -2.03. The van der Waals surface area contributed by atoms with Crippen LogP contribution in [0.1, 0.15) is 20.1 Å². The van der Waals surface area contributed by atoms with Crippen LogP contribution >= 0.6 is 11.3 Å². The third-order valence-corrected chi connectivity index (χ3v) is 3.66. The van der Waals surface area contributed by atoms with Crippen molar-refractivity contribution in [3.63, 3.8) is 0 Å². The first kappa shape index (κ1) is 14.9. The molecule has 0 aliphatic rings. The van der Waals surface area contributed by atoms with Crippen LogP contribution in [0.3, 0.4) is 0 Å². The van der Waals surface area contributed by atoms with Gasteiger partial charge in [-0.2, -0.15) is 0 Å². The number of rotatable bonds is 5. The van der Waals surface area contributed by atoms with Crippen LogP contribution in [0, 0.1) is 22.9 Å². The summed E-state index contributed by atoms with van der Waals surface area (Å²) in [4.78, 5) is 22.0. The van der Waals surface area contributed by atoms with E-state index in [9.17, 15) is 19.3 Å². The number of hydrogen-bond acceptors (Lipinski definition) is 5. The SMILES string of the molecule is Cc1cc(OCc2cc(F)ccc2[N+](=O)[O-])c(C(=O)O)s1. The Morgan fingerprint density at radius 3 is 2.81 bits per heavy atom. The lowest BCUT2D eigenvalue weighted by Gasteiger charge is -2.06. The van der Waals surface area contributed by atoms with Crippen LogP contribution in [-0.4, -0.2) is 16.0 Å². The molecule has 110 valence electrons. The van der Waals surface area contributed by atoms with Gasteiger partial charge in [-0.1, -0.05) is 0 Å². The first-order chi connectivity index (χ1) is 9.88. The number of halogens is 1. The number of nitro groups is 1. The van der Waals surface area contributed by atoms with Gasteiger partial charge in [0.25, 0.3) is 5.69 Å². The van der Waals surface area contributed by atoms with Crippen molar-refractivity contribution >= 4 is 23.0 Å². The Labute approximate surface area is 122 Å². The number of aromatic carboxylic acids is 1. The quantitative estimate of drug-likeness (QED) is 0.675. The molecule has 0 atom stereocenters. The number of nitro benzene ring substituents is 1. The molecule has 1 aromatic heterocycles. The Hall–Kier alpha value is -2.48. The molecule has 6 nitrogen and oxygen atoms in total. The van der Waals surface area contributed by atoms with Crippen molar-refractivity contribution in [3.05, 3.63) is 55.5 Å². The maximum Gasteiger partial charge on any atom is 0.349 e. The molecule has 0 spiro atoms. The van der Waals surface area contributed by atoms with Crippen LogP contribution in [0.4, 0.5) is 10.1 Å². The van der Waals surface area contributed by atoms with Gasteiger partial charge in [0, 0.05) is 10.9 Å². The molecule has 2 aromatic rings. The van der Waals surface area contributed by atoms with E-state index < -0.39 is 16.7 Å². The molecule has 0 radical (unpaired) electrons. The van der Waals surface area contributed by atoms with Crippen molar-refractivity contribution in [1.82, 2.24) is 0 Å². The molecular formula is C13H10FNO5S. The Morgan fingerprint density at radius 2 is 2.19 bits per heavy atom.